The van der Waals surface area contributed by atoms with Crippen LogP contribution in [0.25, 0.3) is 0 Å². The summed E-state index contributed by atoms with van der Waals surface area (Å²) >= 11 is 0. The highest BCUT2D eigenvalue weighted by atomic mass is 32.2. The molecule has 0 amide bonds. The van der Waals surface area contributed by atoms with Gasteiger partial charge in [-0.1, -0.05) is 0 Å². The van der Waals surface area contributed by atoms with Crippen molar-refractivity contribution in [2.45, 2.75) is 25.0 Å². The third kappa shape index (κ3) is 2.72. The first-order chi connectivity index (χ1) is 8.54. The van der Waals surface area contributed by atoms with Crippen molar-refractivity contribution in [2.24, 2.45) is 5.92 Å². The minimum Gasteiger partial charge on any atom is -0.392 e. The number of hydrogen-bond donors (Lipinski definition) is 3. The van der Waals surface area contributed by atoms with Crippen molar-refractivity contribution in [1.29, 1.82) is 0 Å². The maximum Gasteiger partial charge on any atom is 0.260 e. The van der Waals surface area contributed by atoms with Crippen molar-refractivity contribution in [3.8, 4) is 0 Å². The number of nitrogens with one attached hydrogen (secondary N) is 2. The Labute approximate surface area is 106 Å². The Bertz CT molecular complexity index is 505. The minimum absolute atomic E-state index is 0.124. The standard InChI is InChI=1S/C10H17N3O4S/c1-7-9(5-14)10(13-12-7)18(15,16)11-4-8-2-3-17-6-8/h8,11,14H,2-6H2,1H3,(H,12,13). The van der Waals surface area contributed by atoms with E-state index in [1.807, 2.05) is 0 Å². The highest BCUT2D eigenvalue weighted by Crippen LogP contribution is 2.17. The number of ether oxygens (including phenoxy) is 1. The topological polar surface area (TPSA) is 104 Å². The fourth-order valence-electron chi connectivity index (χ4n) is 1.88. The Morgan fingerprint density at radius 3 is 3.00 bits per heavy atom. The molecule has 1 atom stereocenters. The lowest BCUT2D eigenvalue weighted by Gasteiger charge is -2.09. The monoisotopic (exact) mass is 275 g/mol. The summed E-state index contributed by atoms with van der Waals surface area (Å²) in [5.41, 5.74) is 0.868. The van der Waals surface area contributed by atoms with Crippen molar-refractivity contribution in [3.05, 3.63) is 11.3 Å². The number of rotatable bonds is 5. The molecule has 1 saturated heterocycles. The Hall–Kier alpha value is -0.960. The predicted octanol–water partition coefficient (Wildman–Crippen LogP) is -0.475. The lowest BCUT2D eigenvalue weighted by Crippen LogP contribution is -2.30. The average molecular weight is 275 g/mol. The number of sulfonamides is 1. The van der Waals surface area contributed by atoms with Gasteiger partial charge in [-0.05, 0) is 19.3 Å². The lowest BCUT2D eigenvalue weighted by molar-refractivity contribution is 0.186. The third-order valence-electron chi connectivity index (χ3n) is 3.03. The molecule has 0 aromatic carbocycles. The van der Waals surface area contributed by atoms with Gasteiger partial charge in [0.05, 0.1) is 13.2 Å². The second-order valence-electron chi connectivity index (χ2n) is 4.37. The molecule has 2 heterocycles. The summed E-state index contributed by atoms with van der Waals surface area (Å²) in [6.07, 6.45) is 0.856. The van der Waals surface area contributed by atoms with Gasteiger partial charge in [0.15, 0.2) is 5.03 Å². The van der Waals surface area contributed by atoms with Gasteiger partial charge in [0.2, 0.25) is 0 Å². The normalized spacial score (nSPS) is 20.4. The Kier molecular flexibility index (Phi) is 4.00. The molecule has 0 aliphatic carbocycles. The molecule has 1 aromatic heterocycles. The molecule has 18 heavy (non-hydrogen) atoms. The summed E-state index contributed by atoms with van der Waals surface area (Å²) in [6.45, 7) is 2.90. The van der Waals surface area contributed by atoms with Crippen LogP contribution in [0.5, 0.6) is 0 Å². The summed E-state index contributed by atoms with van der Waals surface area (Å²) in [6, 6.07) is 0. The van der Waals surface area contributed by atoms with Gasteiger partial charge in [0.25, 0.3) is 10.0 Å². The van der Waals surface area contributed by atoms with Crippen molar-refractivity contribution in [1.82, 2.24) is 14.9 Å². The van der Waals surface area contributed by atoms with Crippen LogP contribution in [0.15, 0.2) is 5.03 Å². The van der Waals surface area contributed by atoms with Crippen molar-refractivity contribution < 1.29 is 18.3 Å². The zero-order chi connectivity index (χ0) is 13.2. The van der Waals surface area contributed by atoms with E-state index in [9.17, 15) is 8.42 Å². The van der Waals surface area contributed by atoms with Crippen LogP contribution < -0.4 is 4.72 Å². The number of aliphatic hydroxyl groups is 1. The second kappa shape index (κ2) is 5.35. The van der Waals surface area contributed by atoms with Gasteiger partial charge < -0.3 is 9.84 Å². The van der Waals surface area contributed by atoms with Crippen LogP contribution in [0.1, 0.15) is 17.7 Å². The molecule has 8 heteroatoms. The fourth-order valence-corrected chi connectivity index (χ4v) is 3.18. The molecule has 102 valence electrons. The van der Waals surface area contributed by atoms with Gasteiger partial charge in [-0.15, -0.1) is 0 Å². The van der Waals surface area contributed by atoms with Gasteiger partial charge in [0.1, 0.15) is 0 Å². The van der Waals surface area contributed by atoms with Gasteiger partial charge >= 0.3 is 0 Å². The number of aromatic nitrogens is 2. The molecular weight excluding hydrogens is 258 g/mol. The molecule has 0 saturated carbocycles. The summed E-state index contributed by atoms with van der Waals surface area (Å²) in [4.78, 5) is 0. The SMILES string of the molecule is Cc1[nH]nc(S(=O)(=O)NCC2CCOC2)c1CO. The molecule has 1 aromatic rings. The fraction of sp³-hybridized carbons (Fsp3) is 0.700. The van der Waals surface area contributed by atoms with Crippen LogP contribution in [-0.2, 0) is 21.4 Å². The maximum atomic E-state index is 12.0. The number of aliphatic hydroxyl groups excluding tert-OH is 1. The van der Waals surface area contributed by atoms with Gasteiger partial charge in [-0.2, -0.15) is 5.10 Å². The number of aromatic amines is 1. The summed E-state index contributed by atoms with van der Waals surface area (Å²) < 4.78 is 31.8. The van der Waals surface area contributed by atoms with Crippen LogP contribution in [-0.4, -0.2) is 43.5 Å². The zero-order valence-corrected chi connectivity index (χ0v) is 11.0. The van der Waals surface area contributed by atoms with E-state index in [0.29, 0.717) is 31.0 Å². The van der Waals surface area contributed by atoms with Crippen LogP contribution in [0, 0.1) is 12.8 Å². The van der Waals surface area contributed by atoms with Gasteiger partial charge in [-0.25, -0.2) is 13.1 Å². The van der Waals surface area contributed by atoms with Crippen LogP contribution >= 0.6 is 0 Å². The van der Waals surface area contributed by atoms with Crippen molar-refractivity contribution in [2.75, 3.05) is 19.8 Å². The first kappa shape index (κ1) is 13.5. The number of nitrogens with zero attached hydrogens (tertiary/aromatic N) is 1. The Morgan fingerprint density at radius 2 is 2.39 bits per heavy atom. The molecule has 0 radical (unpaired) electrons. The first-order valence-electron chi connectivity index (χ1n) is 5.76. The molecule has 0 spiro atoms. The second-order valence-corrected chi connectivity index (χ2v) is 6.05. The van der Waals surface area contributed by atoms with E-state index in [-0.39, 0.29) is 17.6 Å². The van der Waals surface area contributed by atoms with Crippen molar-refractivity contribution >= 4 is 10.0 Å². The number of H-pyrrole nitrogens is 1. The third-order valence-corrected chi connectivity index (χ3v) is 4.43. The number of hydrogen-bond acceptors (Lipinski definition) is 5. The molecule has 1 aliphatic rings. The minimum atomic E-state index is -3.68. The van der Waals surface area contributed by atoms with Crippen LogP contribution in [0.2, 0.25) is 0 Å². The molecule has 7 nitrogen and oxygen atoms in total. The first-order valence-corrected chi connectivity index (χ1v) is 7.25. The highest BCUT2D eigenvalue weighted by Gasteiger charge is 2.25. The van der Waals surface area contributed by atoms with E-state index in [4.69, 9.17) is 9.84 Å². The van der Waals surface area contributed by atoms with Gasteiger partial charge in [0, 0.05) is 24.4 Å². The Balaban J connectivity index is 2.09. The highest BCUT2D eigenvalue weighted by molar-refractivity contribution is 7.89. The van der Waals surface area contributed by atoms with E-state index >= 15 is 0 Å². The maximum absolute atomic E-state index is 12.0. The molecule has 0 bridgehead atoms. The average Bonchev–Trinajstić information content (AvgIpc) is 2.95. The lowest BCUT2D eigenvalue weighted by atomic mass is 10.1. The van der Waals surface area contributed by atoms with E-state index in [1.165, 1.54) is 0 Å². The molecular formula is C10H17N3O4S. The number of aryl methyl sites for hydroxylation is 1. The molecule has 1 aliphatic heterocycles. The van der Waals surface area contributed by atoms with Gasteiger partial charge in [-0.3, -0.25) is 5.10 Å². The molecule has 1 fully saturated rings. The summed E-state index contributed by atoms with van der Waals surface area (Å²) in [7, 11) is -3.68. The van der Waals surface area contributed by atoms with Crippen molar-refractivity contribution in [3.63, 3.8) is 0 Å². The molecule has 2 rings (SSSR count). The predicted molar refractivity (Wildman–Crippen MR) is 63.4 cm³/mol. The van der Waals surface area contributed by atoms with Crippen LogP contribution in [0.3, 0.4) is 0 Å². The van der Waals surface area contributed by atoms with E-state index in [0.717, 1.165) is 6.42 Å². The quantitative estimate of drug-likeness (QED) is 0.673. The van der Waals surface area contributed by atoms with E-state index in [1.54, 1.807) is 6.92 Å². The Morgan fingerprint density at radius 1 is 1.61 bits per heavy atom. The summed E-state index contributed by atoms with van der Waals surface area (Å²) in [5, 5.41) is 15.3. The molecule has 1 unspecified atom stereocenters. The smallest absolute Gasteiger partial charge is 0.260 e. The van der Waals surface area contributed by atoms with E-state index < -0.39 is 10.0 Å². The summed E-state index contributed by atoms with van der Waals surface area (Å²) in [5.74, 6) is 0.206. The van der Waals surface area contributed by atoms with Crippen LogP contribution in [0.4, 0.5) is 0 Å². The molecule has 3 N–H and O–H groups in total. The zero-order valence-electron chi connectivity index (χ0n) is 10.1. The van der Waals surface area contributed by atoms with E-state index in [2.05, 4.69) is 14.9 Å². The largest absolute Gasteiger partial charge is 0.392 e.